The SMILES string of the molecule is N=C(/C=C(\Nc1ccccc1Cl)c1ccc(C(=O)OCc2ccc(-c3ccccn3)s2)cc1)C(F)(F)F. The molecule has 2 aromatic heterocycles. The number of nitrogens with zero attached hydrogens (tertiary/aromatic N) is 1. The predicted octanol–water partition coefficient (Wildman–Crippen LogP) is 7.86. The van der Waals surface area contributed by atoms with Gasteiger partial charge in [0.15, 0.2) is 0 Å². The molecule has 4 rings (SSSR count). The van der Waals surface area contributed by atoms with E-state index in [-0.39, 0.29) is 17.9 Å². The number of hydrogen-bond donors (Lipinski definition) is 2. The van der Waals surface area contributed by atoms with Gasteiger partial charge in [-0.15, -0.1) is 11.3 Å². The number of carbonyl (C=O) groups is 1. The molecule has 0 spiro atoms. The van der Waals surface area contributed by atoms with Crippen molar-refractivity contribution in [1.82, 2.24) is 4.98 Å². The van der Waals surface area contributed by atoms with Crippen LogP contribution >= 0.6 is 22.9 Å². The third kappa shape index (κ3) is 6.84. The highest BCUT2D eigenvalue weighted by Gasteiger charge is 2.33. The second-order valence-electron chi connectivity index (χ2n) is 7.71. The lowest BCUT2D eigenvalue weighted by Crippen LogP contribution is -2.20. The Labute approximate surface area is 219 Å². The minimum Gasteiger partial charge on any atom is -0.456 e. The third-order valence-corrected chi connectivity index (χ3v) is 6.50. The van der Waals surface area contributed by atoms with Gasteiger partial charge < -0.3 is 10.1 Å². The van der Waals surface area contributed by atoms with E-state index in [9.17, 15) is 18.0 Å². The summed E-state index contributed by atoms with van der Waals surface area (Å²) in [6.07, 6.45) is -2.45. The molecule has 2 N–H and O–H groups in total. The maximum absolute atomic E-state index is 13.0. The Morgan fingerprint density at radius 2 is 1.70 bits per heavy atom. The number of alkyl halides is 3. The largest absolute Gasteiger partial charge is 0.456 e. The number of nitrogens with one attached hydrogen (secondary N) is 2. The molecule has 0 saturated heterocycles. The van der Waals surface area contributed by atoms with Crippen LogP contribution in [-0.2, 0) is 11.3 Å². The summed E-state index contributed by atoms with van der Waals surface area (Å²) in [5.41, 5.74) is 0.211. The first-order valence-corrected chi connectivity index (χ1v) is 12.1. The first kappa shape index (κ1) is 26.1. The maximum atomic E-state index is 13.0. The highest BCUT2D eigenvalue weighted by molar-refractivity contribution is 7.15. The minimum absolute atomic E-state index is 0.00372. The van der Waals surface area contributed by atoms with Gasteiger partial charge in [-0.05, 0) is 60.2 Å². The summed E-state index contributed by atoms with van der Waals surface area (Å²) in [6.45, 7) is 0.0695. The zero-order valence-corrected chi connectivity index (χ0v) is 20.6. The van der Waals surface area contributed by atoms with E-state index in [0.29, 0.717) is 22.3 Å². The first-order chi connectivity index (χ1) is 17.7. The molecule has 188 valence electrons. The summed E-state index contributed by atoms with van der Waals surface area (Å²) in [7, 11) is 0. The Kier molecular flexibility index (Phi) is 8.05. The van der Waals surface area contributed by atoms with Gasteiger partial charge in [-0.2, -0.15) is 13.2 Å². The highest BCUT2D eigenvalue weighted by Crippen LogP contribution is 2.29. The van der Waals surface area contributed by atoms with E-state index < -0.39 is 17.9 Å². The van der Waals surface area contributed by atoms with Crippen LogP contribution in [0.25, 0.3) is 16.3 Å². The van der Waals surface area contributed by atoms with Crippen molar-refractivity contribution < 1.29 is 22.7 Å². The molecule has 0 amide bonds. The van der Waals surface area contributed by atoms with Gasteiger partial charge in [0.1, 0.15) is 12.3 Å². The molecule has 5 nitrogen and oxygen atoms in total. The van der Waals surface area contributed by atoms with Gasteiger partial charge in [0.25, 0.3) is 0 Å². The molecule has 0 unspecified atom stereocenters. The Morgan fingerprint density at radius 1 is 1.00 bits per heavy atom. The summed E-state index contributed by atoms with van der Waals surface area (Å²) < 4.78 is 44.6. The quantitative estimate of drug-likeness (QED) is 0.176. The lowest BCUT2D eigenvalue weighted by Gasteiger charge is -2.14. The van der Waals surface area contributed by atoms with Crippen molar-refractivity contribution >= 4 is 46.0 Å². The number of benzene rings is 2. The molecule has 2 heterocycles. The zero-order valence-electron chi connectivity index (χ0n) is 19.1. The van der Waals surface area contributed by atoms with Gasteiger partial charge in [-0.3, -0.25) is 10.4 Å². The molecule has 37 heavy (non-hydrogen) atoms. The predicted molar refractivity (Wildman–Crippen MR) is 140 cm³/mol. The topological polar surface area (TPSA) is 75.1 Å². The van der Waals surface area contributed by atoms with Crippen molar-refractivity contribution in [3.05, 3.63) is 112 Å². The summed E-state index contributed by atoms with van der Waals surface area (Å²) in [6, 6.07) is 21.8. The summed E-state index contributed by atoms with van der Waals surface area (Å²) in [5.74, 6) is -0.577. The van der Waals surface area contributed by atoms with Crippen LogP contribution in [-0.4, -0.2) is 22.8 Å². The summed E-state index contributed by atoms with van der Waals surface area (Å²) in [5, 5.41) is 10.5. The van der Waals surface area contributed by atoms with Gasteiger partial charge in [-0.25, -0.2) is 4.79 Å². The Balaban J connectivity index is 1.47. The van der Waals surface area contributed by atoms with Crippen LogP contribution in [0.15, 0.2) is 91.1 Å². The molecular formula is C27H19ClF3N3O2S. The highest BCUT2D eigenvalue weighted by atomic mass is 35.5. The molecule has 0 atom stereocenters. The number of allylic oxidation sites excluding steroid dienone is 1. The van der Waals surface area contributed by atoms with Gasteiger partial charge in [0.2, 0.25) is 0 Å². The van der Waals surface area contributed by atoms with Gasteiger partial charge >= 0.3 is 12.1 Å². The number of anilines is 1. The molecule has 0 aliphatic rings. The average molecular weight is 542 g/mol. The molecule has 10 heteroatoms. The second-order valence-corrected chi connectivity index (χ2v) is 9.28. The number of ether oxygens (including phenoxy) is 1. The number of hydrogen-bond acceptors (Lipinski definition) is 6. The standard InChI is InChI=1S/C27H19ClF3N3O2S/c28-20-5-1-2-6-21(20)34-23(15-25(32)27(29,30)31)17-8-10-18(11-9-17)26(35)36-16-19-12-13-24(37-19)22-7-3-4-14-33-22/h1-15,32,34H,16H2/b23-15-,32-25?. The van der Waals surface area contributed by atoms with Crippen LogP contribution in [0.4, 0.5) is 18.9 Å². The normalized spacial score (nSPS) is 11.7. The third-order valence-electron chi connectivity index (χ3n) is 5.09. The van der Waals surface area contributed by atoms with Crippen LogP contribution in [0.2, 0.25) is 5.02 Å². The van der Waals surface area contributed by atoms with Crippen LogP contribution < -0.4 is 5.32 Å². The fourth-order valence-electron chi connectivity index (χ4n) is 3.23. The Morgan fingerprint density at radius 3 is 2.38 bits per heavy atom. The number of para-hydroxylation sites is 1. The number of carbonyl (C=O) groups excluding carboxylic acids is 1. The number of aromatic nitrogens is 1. The van der Waals surface area contributed by atoms with Crippen LogP contribution in [0.5, 0.6) is 0 Å². The van der Waals surface area contributed by atoms with Crippen molar-refractivity contribution in [1.29, 1.82) is 5.41 Å². The van der Waals surface area contributed by atoms with E-state index in [2.05, 4.69) is 10.3 Å². The van der Waals surface area contributed by atoms with Crippen molar-refractivity contribution in [3.8, 4) is 10.6 Å². The van der Waals surface area contributed by atoms with Gasteiger partial charge in [0, 0.05) is 16.8 Å². The molecule has 0 saturated carbocycles. The number of rotatable bonds is 8. The van der Waals surface area contributed by atoms with E-state index in [1.54, 1.807) is 30.5 Å². The van der Waals surface area contributed by atoms with Crippen LogP contribution in [0.3, 0.4) is 0 Å². The molecule has 0 aliphatic heterocycles. The summed E-state index contributed by atoms with van der Waals surface area (Å²) >= 11 is 7.60. The average Bonchev–Trinajstić information content (AvgIpc) is 3.37. The van der Waals surface area contributed by atoms with E-state index >= 15 is 0 Å². The van der Waals surface area contributed by atoms with Crippen LogP contribution in [0, 0.1) is 5.41 Å². The van der Waals surface area contributed by atoms with Crippen molar-refractivity contribution in [2.75, 3.05) is 5.32 Å². The molecular weight excluding hydrogens is 523 g/mol. The number of thiophene rings is 1. The van der Waals surface area contributed by atoms with Gasteiger partial charge in [0.05, 0.1) is 26.8 Å². The molecule has 0 aliphatic carbocycles. The molecule has 2 aromatic carbocycles. The smallest absolute Gasteiger partial charge is 0.432 e. The summed E-state index contributed by atoms with van der Waals surface area (Å²) in [4.78, 5) is 18.6. The second kappa shape index (κ2) is 11.4. The van der Waals surface area contributed by atoms with Gasteiger partial charge in [-0.1, -0.05) is 41.9 Å². The number of esters is 1. The monoisotopic (exact) mass is 541 g/mol. The van der Waals surface area contributed by atoms with Crippen molar-refractivity contribution in [2.24, 2.45) is 0 Å². The fourth-order valence-corrected chi connectivity index (χ4v) is 4.31. The Hall–Kier alpha value is -3.95. The fraction of sp³-hybridized carbons (Fsp3) is 0.0741. The van der Waals surface area contributed by atoms with E-state index in [1.165, 1.54) is 35.6 Å². The zero-order chi connectivity index (χ0) is 26.4. The number of pyridine rings is 1. The van der Waals surface area contributed by atoms with Crippen molar-refractivity contribution in [2.45, 2.75) is 12.8 Å². The number of halogens is 4. The van der Waals surface area contributed by atoms with Crippen LogP contribution in [0.1, 0.15) is 20.8 Å². The Bertz CT molecular complexity index is 1440. The first-order valence-electron chi connectivity index (χ1n) is 10.9. The lowest BCUT2D eigenvalue weighted by molar-refractivity contribution is -0.0583. The minimum atomic E-state index is -4.82. The molecule has 0 radical (unpaired) electrons. The molecule has 0 bridgehead atoms. The molecule has 0 fully saturated rings. The van der Waals surface area contributed by atoms with E-state index in [1.807, 2.05) is 30.3 Å². The van der Waals surface area contributed by atoms with E-state index in [0.717, 1.165) is 15.4 Å². The van der Waals surface area contributed by atoms with E-state index in [4.69, 9.17) is 21.7 Å². The lowest BCUT2D eigenvalue weighted by atomic mass is 10.1. The maximum Gasteiger partial charge on any atom is 0.432 e. The van der Waals surface area contributed by atoms with Crippen molar-refractivity contribution in [3.63, 3.8) is 0 Å². The molecule has 4 aromatic rings.